The molecule has 0 unspecified atom stereocenters. The SMILES string of the molecule is Cn1c2c(c3ccccc31)CCN1C[C@@H]3COC(=O)C=C[C@H]3C[C@@H]21. The second-order valence-electron chi connectivity index (χ2n) is 7.35. The minimum Gasteiger partial charge on any atom is -0.462 e. The number of aromatic nitrogens is 1. The van der Waals surface area contributed by atoms with E-state index in [2.05, 4.69) is 46.9 Å². The molecule has 0 spiro atoms. The number of cyclic esters (lactones) is 1. The van der Waals surface area contributed by atoms with Gasteiger partial charge in [-0.05, 0) is 30.4 Å². The Hall–Kier alpha value is -2.07. The summed E-state index contributed by atoms with van der Waals surface area (Å²) in [4.78, 5) is 14.2. The van der Waals surface area contributed by atoms with Crippen molar-refractivity contribution in [2.75, 3.05) is 19.7 Å². The Morgan fingerprint density at radius 3 is 3.04 bits per heavy atom. The van der Waals surface area contributed by atoms with Crippen LogP contribution in [-0.4, -0.2) is 35.1 Å². The molecule has 0 amide bonds. The van der Waals surface area contributed by atoms with Crippen LogP contribution in [0, 0.1) is 11.8 Å². The smallest absolute Gasteiger partial charge is 0.330 e. The molecule has 24 heavy (non-hydrogen) atoms. The van der Waals surface area contributed by atoms with Gasteiger partial charge in [-0.2, -0.15) is 0 Å². The zero-order chi connectivity index (χ0) is 16.3. The molecule has 4 heterocycles. The highest BCUT2D eigenvalue weighted by atomic mass is 16.5. The van der Waals surface area contributed by atoms with Crippen LogP contribution in [0.3, 0.4) is 0 Å². The van der Waals surface area contributed by atoms with E-state index in [0.29, 0.717) is 24.5 Å². The molecule has 1 saturated heterocycles. The second-order valence-corrected chi connectivity index (χ2v) is 7.35. The fourth-order valence-corrected chi connectivity index (χ4v) is 4.98. The minimum absolute atomic E-state index is 0.187. The van der Waals surface area contributed by atoms with Crippen LogP contribution in [0.5, 0.6) is 0 Å². The number of hydrogen-bond acceptors (Lipinski definition) is 3. The van der Waals surface area contributed by atoms with Gasteiger partial charge in [0.1, 0.15) is 0 Å². The van der Waals surface area contributed by atoms with Crippen molar-refractivity contribution >= 4 is 16.9 Å². The molecule has 0 N–H and O–H groups in total. The molecule has 0 saturated carbocycles. The highest BCUT2D eigenvalue weighted by Gasteiger charge is 2.41. The molecule has 4 nitrogen and oxygen atoms in total. The molecule has 0 bridgehead atoms. The highest BCUT2D eigenvalue weighted by Crippen LogP contribution is 2.44. The number of benzene rings is 1. The molecule has 1 aromatic carbocycles. The van der Waals surface area contributed by atoms with Crippen LogP contribution < -0.4 is 0 Å². The van der Waals surface area contributed by atoms with E-state index in [0.717, 1.165) is 25.9 Å². The number of rotatable bonds is 0. The van der Waals surface area contributed by atoms with Gasteiger partial charge >= 0.3 is 5.97 Å². The second kappa shape index (κ2) is 5.21. The van der Waals surface area contributed by atoms with Crippen LogP contribution in [0.25, 0.3) is 10.9 Å². The van der Waals surface area contributed by atoms with E-state index in [9.17, 15) is 4.79 Å². The lowest BCUT2D eigenvalue weighted by atomic mass is 9.78. The topological polar surface area (TPSA) is 34.5 Å². The molecule has 3 aliphatic rings. The zero-order valence-corrected chi connectivity index (χ0v) is 13.9. The summed E-state index contributed by atoms with van der Waals surface area (Å²) in [5.74, 6) is 0.675. The van der Waals surface area contributed by atoms with Crippen molar-refractivity contribution in [3.63, 3.8) is 0 Å². The fourth-order valence-electron chi connectivity index (χ4n) is 4.98. The number of allylic oxidation sites excluding steroid dienone is 1. The van der Waals surface area contributed by atoms with E-state index in [1.807, 2.05) is 0 Å². The molecule has 2 aromatic rings. The Balaban J connectivity index is 1.59. The molecule has 3 atom stereocenters. The predicted molar refractivity (Wildman–Crippen MR) is 92.6 cm³/mol. The van der Waals surface area contributed by atoms with E-state index < -0.39 is 0 Å². The number of esters is 1. The van der Waals surface area contributed by atoms with E-state index >= 15 is 0 Å². The lowest BCUT2D eigenvalue weighted by molar-refractivity contribution is -0.139. The summed E-state index contributed by atoms with van der Waals surface area (Å²) in [6.45, 7) is 2.68. The van der Waals surface area contributed by atoms with Crippen LogP contribution in [0.1, 0.15) is 23.7 Å². The molecular weight excluding hydrogens is 300 g/mol. The van der Waals surface area contributed by atoms with E-state index in [1.54, 1.807) is 6.08 Å². The molecule has 5 rings (SSSR count). The number of carbonyl (C=O) groups is 1. The Labute approximate surface area is 141 Å². The Bertz CT molecular complexity index is 851. The molecule has 0 aliphatic carbocycles. The van der Waals surface area contributed by atoms with Crippen LogP contribution in [-0.2, 0) is 23.0 Å². The summed E-state index contributed by atoms with van der Waals surface area (Å²) < 4.78 is 7.73. The largest absolute Gasteiger partial charge is 0.462 e. The van der Waals surface area contributed by atoms with Gasteiger partial charge in [0.25, 0.3) is 0 Å². The Kier molecular flexibility index (Phi) is 3.10. The first-order chi connectivity index (χ1) is 11.7. The number of nitrogens with zero attached hydrogens (tertiary/aromatic N) is 2. The van der Waals surface area contributed by atoms with Crippen LogP contribution in [0.4, 0.5) is 0 Å². The fraction of sp³-hybridized carbons (Fsp3) is 0.450. The molecule has 3 aliphatic heterocycles. The number of carbonyl (C=O) groups excluding carboxylic acids is 1. The third-order valence-electron chi connectivity index (χ3n) is 6.16. The molecule has 1 aromatic heterocycles. The van der Waals surface area contributed by atoms with Gasteiger partial charge in [0.05, 0.1) is 12.6 Å². The quantitative estimate of drug-likeness (QED) is 0.700. The van der Waals surface area contributed by atoms with Gasteiger partial charge in [0.15, 0.2) is 0 Å². The molecule has 4 heteroatoms. The van der Waals surface area contributed by atoms with Crippen molar-refractivity contribution in [3.05, 3.63) is 47.7 Å². The Morgan fingerprint density at radius 1 is 1.25 bits per heavy atom. The average molecular weight is 322 g/mol. The van der Waals surface area contributed by atoms with E-state index in [1.165, 1.54) is 22.2 Å². The van der Waals surface area contributed by atoms with Crippen LogP contribution in [0.15, 0.2) is 36.4 Å². The van der Waals surface area contributed by atoms with Gasteiger partial charge in [0.2, 0.25) is 0 Å². The first-order valence-corrected chi connectivity index (χ1v) is 8.87. The minimum atomic E-state index is -0.187. The van der Waals surface area contributed by atoms with Gasteiger partial charge in [0, 0.05) is 48.7 Å². The molecular formula is C20H22N2O2. The van der Waals surface area contributed by atoms with Crippen LogP contribution >= 0.6 is 0 Å². The summed E-state index contributed by atoms with van der Waals surface area (Å²) in [6, 6.07) is 9.20. The van der Waals surface area contributed by atoms with Gasteiger partial charge in [-0.15, -0.1) is 0 Å². The number of para-hydroxylation sites is 1. The maximum Gasteiger partial charge on any atom is 0.330 e. The first kappa shape index (κ1) is 14.3. The van der Waals surface area contributed by atoms with Gasteiger partial charge in [-0.3, -0.25) is 4.90 Å². The van der Waals surface area contributed by atoms with Crippen molar-refractivity contribution in [1.29, 1.82) is 0 Å². The summed E-state index contributed by atoms with van der Waals surface area (Å²) in [7, 11) is 2.20. The number of ether oxygens (including phenoxy) is 1. The zero-order valence-electron chi connectivity index (χ0n) is 13.9. The lowest BCUT2D eigenvalue weighted by Gasteiger charge is -2.45. The third kappa shape index (κ3) is 1.99. The van der Waals surface area contributed by atoms with Crippen molar-refractivity contribution in [3.8, 4) is 0 Å². The van der Waals surface area contributed by atoms with Crippen molar-refractivity contribution in [2.45, 2.75) is 18.9 Å². The van der Waals surface area contributed by atoms with E-state index in [4.69, 9.17) is 4.74 Å². The summed E-state index contributed by atoms with van der Waals surface area (Å²) in [6.07, 6.45) is 5.91. The Morgan fingerprint density at radius 2 is 2.12 bits per heavy atom. The van der Waals surface area contributed by atoms with Crippen LogP contribution in [0.2, 0.25) is 0 Å². The molecule has 0 radical (unpaired) electrons. The van der Waals surface area contributed by atoms with Gasteiger partial charge < -0.3 is 9.30 Å². The number of fused-ring (bicyclic) bond motifs is 6. The standard InChI is InChI=1S/C20H22N2O2/c1-21-17-5-3-2-4-15(17)16-8-9-22-11-14-12-24-19(23)7-6-13(14)10-18(22)20(16)21/h2-7,13-14,18H,8-12H2,1H3/t13-,14+,18-/m0/s1. The molecule has 124 valence electrons. The maximum atomic E-state index is 11.6. The summed E-state index contributed by atoms with van der Waals surface area (Å²) >= 11 is 0. The lowest BCUT2D eigenvalue weighted by Crippen LogP contribution is -2.47. The average Bonchev–Trinajstić information content (AvgIpc) is 2.78. The predicted octanol–water partition coefficient (Wildman–Crippen LogP) is 2.83. The van der Waals surface area contributed by atoms with Crippen molar-refractivity contribution in [1.82, 2.24) is 9.47 Å². The first-order valence-electron chi connectivity index (χ1n) is 8.87. The summed E-state index contributed by atoms with van der Waals surface area (Å²) in [5.41, 5.74) is 4.34. The maximum absolute atomic E-state index is 11.6. The number of aryl methyl sites for hydroxylation is 1. The van der Waals surface area contributed by atoms with Crippen molar-refractivity contribution < 1.29 is 9.53 Å². The normalized spacial score (nSPS) is 29.5. The van der Waals surface area contributed by atoms with Crippen molar-refractivity contribution in [2.24, 2.45) is 18.9 Å². The number of hydrogen-bond donors (Lipinski definition) is 0. The third-order valence-corrected chi connectivity index (χ3v) is 6.16. The monoisotopic (exact) mass is 322 g/mol. The van der Waals surface area contributed by atoms with Gasteiger partial charge in [-0.1, -0.05) is 24.3 Å². The molecule has 1 fully saturated rings. The van der Waals surface area contributed by atoms with Gasteiger partial charge in [-0.25, -0.2) is 4.79 Å². The number of piperidine rings is 1. The van der Waals surface area contributed by atoms with E-state index in [-0.39, 0.29) is 5.97 Å². The highest BCUT2D eigenvalue weighted by molar-refractivity contribution is 5.86. The summed E-state index contributed by atoms with van der Waals surface area (Å²) in [5, 5.41) is 1.41.